The van der Waals surface area contributed by atoms with Crippen molar-refractivity contribution in [3.63, 3.8) is 0 Å². The average Bonchev–Trinajstić information content (AvgIpc) is 3.56. The van der Waals surface area contributed by atoms with Gasteiger partial charge in [-0.1, -0.05) is 12.1 Å². The van der Waals surface area contributed by atoms with E-state index in [1.807, 2.05) is 24.3 Å². The Bertz CT molecular complexity index is 1090. The topological polar surface area (TPSA) is 141 Å². The molecule has 2 fully saturated rings. The standard InChI is InChI=1S/C23H25N7O2/c24-10-7-23(8-11-29(12-9-23)14-17-3-1-16(13-25)2-4-17)30-15-19(20(26)31)21(28-30)27-22(32)18-5-6-18/h1-4,15,18H,5-9,11-12,14H2,(H2,26,31)(H,27,28,32). The van der Waals surface area contributed by atoms with Gasteiger partial charge in [0, 0.05) is 31.7 Å². The van der Waals surface area contributed by atoms with Crippen LogP contribution in [0.2, 0.25) is 0 Å². The van der Waals surface area contributed by atoms with Gasteiger partial charge in [0.1, 0.15) is 5.56 Å². The van der Waals surface area contributed by atoms with Gasteiger partial charge in [-0.05, 0) is 43.4 Å². The minimum Gasteiger partial charge on any atom is -0.365 e. The predicted octanol–water partition coefficient (Wildman–Crippen LogP) is 2.11. The van der Waals surface area contributed by atoms with Gasteiger partial charge in [0.05, 0.1) is 29.7 Å². The van der Waals surface area contributed by atoms with E-state index in [9.17, 15) is 14.9 Å². The van der Waals surface area contributed by atoms with Crippen molar-refractivity contribution >= 4 is 17.6 Å². The van der Waals surface area contributed by atoms with Crippen LogP contribution in [0.5, 0.6) is 0 Å². The maximum atomic E-state index is 12.2. The van der Waals surface area contributed by atoms with E-state index in [0.29, 0.717) is 18.4 Å². The van der Waals surface area contributed by atoms with Gasteiger partial charge in [0.2, 0.25) is 5.91 Å². The molecule has 1 saturated carbocycles. The molecule has 0 spiro atoms. The van der Waals surface area contributed by atoms with E-state index < -0.39 is 11.4 Å². The molecule has 2 amide bonds. The van der Waals surface area contributed by atoms with Crippen LogP contribution < -0.4 is 11.1 Å². The average molecular weight is 432 g/mol. The van der Waals surface area contributed by atoms with Crippen molar-refractivity contribution < 1.29 is 9.59 Å². The molecule has 2 aliphatic rings. The fraction of sp³-hybridized carbons (Fsp3) is 0.435. The number of carbonyl (C=O) groups excluding carboxylic acids is 2. The summed E-state index contributed by atoms with van der Waals surface area (Å²) in [7, 11) is 0. The Labute approximate surface area is 186 Å². The normalized spacial score (nSPS) is 17.8. The summed E-state index contributed by atoms with van der Waals surface area (Å²) in [5.74, 6) is -0.664. The van der Waals surface area contributed by atoms with E-state index in [1.54, 1.807) is 10.9 Å². The highest BCUT2D eigenvalue weighted by molar-refractivity contribution is 6.02. The molecule has 3 N–H and O–H groups in total. The van der Waals surface area contributed by atoms with E-state index >= 15 is 0 Å². The first-order chi connectivity index (χ1) is 15.4. The van der Waals surface area contributed by atoms with Gasteiger partial charge in [-0.15, -0.1) is 0 Å². The number of nitriles is 2. The number of carbonyl (C=O) groups is 2. The number of hydrogen-bond donors (Lipinski definition) is 2. The van der Waals surface area contributed by atoms with Gasteiger partial charge in [-0.2, -0.15) is 15.6 Å². The summed E-state index contributed by atoms with van der Waals surface area (Å²) in [5, 5.41) is 25.7. The molecule has 9 heteroatoms. The van der Waals surface area contributed by atoms with Gasteiger partial charge >= 0.3 is 0 Å². The molecule has 0 bridgehead atoms. The molecule has 1 aromatic heterocycles. The number of nitrogens with zero attached hydrogens (tertiary/aromatic N) is 5. The molecule has 1 aliphatic heterocycles. The summed E-state index contributed by atoms with van der Waals surface area (Å²) >= 11 is 0. The molecule has 4 rings (SSSR count). The number of nitrogens with two attached hydrogens (primary N) is 1. The molecule has 164 valence electrons. The van der Waals surface area contributed by atoms with E-state index in [0.717, 1.165) is 38.0 Å². The van der Waals surface area contributed by atoms with Crippen LogP contribution in [0.1, 0.15) is 53.6 Å². The highest BCUT2D eigenvalue weighted by atomic mass is 16.2. The zero-order valence-electron chi connectivity index (χ0n) is 17.8. The fourth-order valence-electron chi connectivity index (χ4n) is 4.16. The summed E-state index contributed by atoms with van der Waals surface area (Å²) in [4.78, 5) is 26.5. The third kappa shape index (κ3) is 4.48. The van der Waals surface area contributed by atoms with E-state index in [2.05, 4.69) is 27.5 Å². The second-order valence-electron chi connectivity index (χ2n) is 8.61. The third-order valence-electron chi connectivity index (χ3n) is 6.34. The van der Waals surface area contributed by atoms with Crippen LogP contribution in [0.25, 0.3) is 0 Å². The first-order valence-corrected chi connectivity index (χ1v) is 10.7. The van der Waals surface area contributed by atoms with Crippen LogP contribution in [0.4, 0.5) is 5.82 Å². The molecule has 2 aromatic rings. The summed E-state index contributed by atoms with van der Waals surface area (Å²) in [5.41, 5.74) is 6.89. The van der Waals surface area contributed by atoms with E-state index in [-0.39, 0.29) is 29.6 Å². The predicted molar refractivity (Wildman–Crippen MR) is 116 cm³/mol. The van der Waals surface area contributed by atoms with Crippen LogP contribution in [0.3, 0.4) is 0 Å². The van der Waals surface area contributed by atoms with Gasteiger partial charge in [0.15, 0.2) is 5.82 Å². The third-order valence-corrected chi connectivity index (χ3v) is 6.34. The van der Waals surface area contributed by atoms with E-state index in [1.165, 1.54) is 0 Å². The van der Waals surface area contributed by atoms with Gasteiger partial charge in [-0.25, -0.2) is 0 Å². The first-order valence-electron chi connectivity index (χ1n) is 10.7. The van der Waals surface area contributed by atoms with Crippen LogP contribution in [-0.2, 0) is 16.9 Å². The lowest BCUT2D eigenvalue weighted by molar-refractivity contribution is -0.117. The number of rotatable bonds is 7. The van der Waals surface area contributed by atoms with Crippen molar-refractivity contribution in [2.24, 2.45) is 11.7 Å². The second kappa shape index (κ2) is 8.81. The summed E-state index contributed by atoms with van der Waals surface area (Å²) in [6.45, 7) is 2.25. The first kappa shape index (κ1) is 21.5. The minimum absolute atomic E-state index is 0.0283. The van der Waals surface area contributed by atoms with Gasteiger partial charge in [-0.3, -0.25) is 19.2 Å². The Morgan fingerprint density at radius 2 is 1.88 bits per heavy atom. The van der Waals surface area contributed by atoms with Crippen LogP contribution in [-0.4, -0.2) is 39.6 Å². The summed E-state index contributed by atoms with van der Waals surface area (Å²) in [6.07, 6.45) is 4.84. The lowest BCUT2D eigenvalue weighted by atomic mass is 9.84. The van der Waals surface area contributed by atoms with Crippen molar-refractivity contribution in [3.8, 4) is 12.1 Å². The number of benzene rings is 1. The maximum absolute atomic E-state index is 12.2. The molecule has 1 saturated heterocycles. The van der Waals surface area contributed by atoms with Gasteiger partial charge < -0.3 is 11.1 Å². The molecular formula is C23H25N7O2. The molecule has 1 aliphatic carbocycles. The number of hydrogen-bond acceptors (Lipinski definition) is 6. The maximum Gasteiger partial charge on any atom is 0.254 e. The zero-order valence-corrected chi connectivity index (χ0v) is 17.8. The van der Waals surface area contributed by atoms with Crippen molar-refractivity contribution in [2.45, 2.75) is 44.2 Å². The van der Waals surface area contributed by atoms with Crippen molar-refractivity contribution in [1.29, 1.82) is 10.5 Å². The molecule has 0 unspecified atom stereocenters. The number of primary amides is 1. The Balaban J connectivity index is 1.50. The highest BCUT2D eigenvalue weighted by Gasteiger charge is 2.39. The summed E-state index contributed by atoms with van der Waals surface area (Å²) in [6, 6.07) is 11.9. The van der Waals surface area contributed by atoms with Crippen molar-refractivity contribution in [2.75, 3.05) is 18.4 Å². The number of anilines is 1. The van der Waals surface area contributed by atoms with Crippen LogP contribution >= 0.6 is 0 Å². The largest absolute Gasteiger partial charge is 0.365 e. The number of piperidine rings is 1. The Hall–Kier alpha value is -3.69. The summed E-state index contributed by atoms with van der Waals surface area (Å²) < 4.78 is 1.66. The quantitative estimate of drug-likeness (QED) is 0.688. The Kier molecular flexibility index (Phi) is 5.93. The monoisotopic (exact) mass is 431 g/mol. The molecule has 9 nitrogen and oxygen atoms in total. The number of likely N-dealkylation sites (tertiary alicyclic amines) is 1. The number of amides is 2. The zero-order chi connectivity index (χ0) is 22.7. The minimum atomic E-state index is -0.660. The lowest BCUT2D eigenvalue weighted by Gasteiger charge is -2.40. The molecule has 32 heavy (non-hydrogen) atoms. The van der Waals surface area contributed by atoms with E-state index in [4.69, 9.17) is 11.0 Å². The Morgan fingerprint density at radius 3 is 2.44 bits per heavy atom. The molecule has 1 aromatic carbocycles. The lowest BCUT2D eigenvalue weighted by Crippen LogP contribution is -2.46. The second-order valence-corrected chi connectivity index (χ2v) is 8.61. The molecular weight excluding hydrogens is 406 g/mol. The van der Waals surface area contributed by atoms with Crippen LogP contribution in [0, 0.1) is 28.6 Å². The Morgan fingerprint density at radius 1 is 1.19 bits per heavy atom. The molecule has 2 heterocycles. The molecule has 0 radical (unpaired) electrons. The molecule has 0 atom stereocenters. The van der Waals surface area contributed by atoms with Gasteiger partial charge in [0.25, 0.3) is 5.91 Å². The fourth-order valence-corrected chi connectivity index (χ4v) is 4.16. The number of nitrogens with one attached hydrogen (secondary N) is 1. The van der Waals surface area contributed by atoms with Crippen LogP contribution in [0.15, 0.2) is 30.5 Å². The van der Waals surface area contributed by atoms with Crippen molar-refractivity contribution in [1.82, 2.24) is 14.7 Å². The highest BCUT2D eigenvalue weighted by Crippen LogP contribution is 2.36. The van der Waals surface area contributed by atoms with Crippen molar-refractivity contribution in [3.05, 3.63) is 47.2 Å². The number of aromatic nitrogens is 2. The SMILES string of the molecule is N#CCC1(n2cc(C(N)=O)c(NC(=O)C3CC3)n2)CCN(Cc2ccc(C#N)cc2)CC1. The smallest absolute Gasteiger partial charge is 0.254 e.